The average Bonchev–Trinajstić information content (AvgIpc) is 3.09. The summed E-state index contributed by atoms with van der Waals surface area (Å²) in [6.07, 6.45) is 0. The lowest BCUT2D eigenvalue weighted by Gasteiger charge is -2.49. The number of carboxylic acid groups (broad SMARTS) is 1. The number of thioether (sulfide) groups is 1. The van der Waals surface area contributed by atoms with Crippen LogP contribution in [0.25, 0.3) is 0 Å². The Morgan fingerprint density at radius 3 is 2.76 bits per heavy atom. The summed E-state index contributed by atoms with van der Waals surface area (Å²) in [4.78, 5) is 46.7. The van der Waals surface area contributed by atoms with Gasteiger partial charge in [0.15, 0.2) is 10.8 Å². The number of methoxy groups -OCH3 is 1. The van der Waals surface area contributed by atoms with E-state index >= 15 is 0 Å². The van der Waals surface area contributed by atoms with Crippen LogP contribution in [0.15, 0.2) is 21.8 Å². The van der Waals surface area contributed by atoms with Gasteiger partial charge >= 0.3 is 5.97 Å². The number of nitrogen functional groups attached to an aromatic ring is 1. The van der Waals surface area contributed by atoms with Gasteiger partial charge in [0.05, 0.1) is 6.61 Å². The molecule has 0 aromatic carbocycles. The largest absolute Gasteiger partial charge is 0.477 e. The SMILES string of the molecule is COCC1=C(C(=O)O)N2C(=O)[C@@H](NC(=O)C(=NOC)c3csc(N)n3)[C@H]2SC1.Cl. The third kappa shape index (κ3) is 4.32. The molecule has 0 unspecified atom stereocenters. The van der Waals surface area contributed by atoms with Gasteiger partial charge in [-0.05, 0) is 5.57 Å². The molecule has 3 heterocycles. The van der Waals surface area contributed by atoms with Crippen molar-refractivity contribution in [1.82, 2.24) is 15.2 Å². The minimum atomic E-state index is -1.21. The highest BCUT2D eigenvalue weighted by Gasteiger charge is 2.54. The number of β-lactam (4-membered cyclic amide) rings is 1. The fourth-order valence-electron chi connectivity index (χ4n) is 2.87. The predicted molar refractivity (Wildman–Crippen MR) is 109 cm³/mol. The summed E-state index contributed by atoms with van der Waals surface area (Å²) in [6, 6.07) is -0.894. The Bertz CT molecular complexity index is 888. The number of carbonyl (C=O) groups is 3. The molecule has 1 fully saturated rings. The number of rotatable bonds is 7. The Labute approximate surface area is 179 Å². The first-order valence-electron chi connectivity index (χ1n) is 7.91. The molecule has 2 atom stereocenters. The number of thiazole rings is 1. The molecule has 11 nitrogen and oxygen atoms in total. The fourth-order valence-corrected chi connectivity index (χ4v) is 4.75. The standard InChI is InChI=1S/C15H17N5O6S2.ClH/c1-25-3-6-4-27-13-9(12(22)20(13)10(6)14(23)24)18-11(21)8(19-26-2)7-5-28-15(16)17-7;/h5,9,13H,3-4H2,1-2H3,(H2,16,17)(H,18,21)(H,23,24);1H/t9-,13-;/m1./s1. The highest BCUT2D eigenvalue weighted by atomic mass is 35.5. The van der Waals surface area contributed by atoms with Gasteiger partial charge < -0.3 is 25.7 Å². The zero-order valence-electron chi connectivity index (χ0n) is 15.3. The van der Waals surface area contributed by atoms with E-state index in [0.717, 1.165) is 11.3 Å². The molecular formula is C15H18ClN5O6S2. The van der Waals surface area contributed by atoms with Crippen LogP contribution < -0.4 is 11.1 Å². The first-order valence-corrected chi connectivity index (χ1v) is 9.84. The van der Waals surface area contributed by atoms with E-state index in [9.17, 15) is 19.5 Å². The molecule has 1 saturated heterocycles. The summed E-state index contributed by atoms with van der Waals surface area (Å²) in [6.45, 7) is 0.109. The molecule has 2 amide bonds. The highest BCUT2D eigenvalue weighted by Crippen LogP contribution is 2.40. The molecule has 4 N–H and O–H groups in total. The molecule has 2 aliphatic rings. The average molecular weight is 464 g/mol. The normalized spacial score (nSPS) is 21.1. The Kier molecular flexibility index (Phi) is 7.46. The van der Waals surface area contributed by atoms with Crippen LogP contribution in [-0.4, -0.2) is 76.5 Å². The molecule has 0 aliphatic carbocycles. The quantitative estimate of drug-likeness (QED) is 0.285. The van der Waals surface area contributed by atoms with E-state index in [1.165, 1.54) is 30.9 Å². The third-order valence-corrected chi connectivity index (χ3v) is 6.03. The minimum absolute atomic E-state index is 0. The zero-order valence-corrected chi connectivity index (χ0v) is 17.7. The highest BCUT2D eigenvalue weighted by molar-refractivity contribution is 8.00. The second-order valence-corrected chi connectivity index (χ2v) is 7.74. The van der Waals surface area contributed by atoms with Crippen molar-refractivity contribution >= 4 is 64.1 Å². The Morgan fingerprint density at radius 2 is 2.21 bits per heavy atom. The summed E-state index contributed by atoms with van der Waals surface area (Å²) in [5, 5.41) is 17.0. The van der Waals surface area contributed by atoms with Crippen molar-refractivity contribution in [2.45, 2.75) is 11.4 Å². The predicted octanol–water partition coefficient (Wildman–Crippen LogP) is -0.117. The van der Waals surface area contributed by atoms with E-state index in [-0.39, 0.29) is 41.2 Å². The van der Waals surface area contributed by atoms with Crippen molar-refractivity contribution in [3.63, 3.8) is 0 Å². The van der Waals surface area contributed by atoms with Crippen LogP contribution in [0.5, 0.6) is 0 Å². The number of nitrogens with two attached hydrogens (primary N) is 1. The van der Waals surface area contributed by atoms with E-state index < -0.39 is 29.2 Å². The molecule has 2 aliphatic heterocycles. The first kappa shape index (κ1) is 22.9. The number of anilines is 1. The number of amides is 2. The number of nitrogens with one attached hydrogen (secondary N) is 1. The number of ether oxygens (including phenoxy) is 1. The molecule has 0 spiro atoms. The maximum atomic E-state index is 12.6. The molecule has 0 bridgehead atoms. The van der Waals surface area contributed by atoms with Crippen LogP contribution in [0.2, 0.25) is 0 Å². The molecular weight excluding hydrogens is 446 g/mol. The first-order chi connectivity index (χ1) is 13.4. The molecule has 158 valence electrons. The molecule has 3 rings (SSSR count). The molecule has 0 saturated carbocycles. The summed E-state index contributed by atoms with van der Waals surface area (Å²) in [5.74, 6) is -2.03. The number of aromatic nitrogens is 1. The van der Waals surface area contributed by atoms with Crippen molar-refractivity contribution in [3.8, 4) is 0 Å². The Balaban J connectivity index is 0.00000300. The lowest BCUT2D eigenvalue weighted by molar-refractivity contribution is -0.150. The number of carbonyl (C=O) groups excluding carboxylic acids is 2. The number of nitrogens with zero attached hydrogens (tertiary/aromatic N) is 3. The van der Waals surface area contributed by atoms with Crippen LogP contribution in [-0.2, 0) is 24.0 Å². The molecule has 1 aromatic rings. The molecule has 0 radical (unpaired) electrons. The summed E-state index contributed by atoms with van der Waals surface area (Å²) in [7, 11) is 2.73. The van der Waals surface area contributed by atoms with Crippen molar-refractivity contribution < 1.29 is 29.1 Å². The van der Waals surface area contributed by atoms with Crippen molar-refractivity contribution in [2.75, 3.05) is 32.3 Å². The number of halogens is 1. The van der Waals surface area contributed by atoms with Gasteiger partial charge in [0.2, 0.25) is 0 Å². The summed E-state index contributed by atoms with van der Waals surface area (Å²) in [5.41, 5.74) is 6.09. The van der Waals surface area contributed by atoms with E-state index in [1.54, 1.807) is 5.38 Å². The van der Waals surface area contributed by atoms with Crippen molar-refractivity contribution in [1.29, 1.82) is 0 Å². The van der Waals surface area contributed by atoms with Gasteiger partial charge in [-0.1, -0.05) is 5.16 Å². The molecule has 14 heteroatoms. The van der Waals surface area contributed by atoms with Crippen LogP contribution in [0.3, 0.4) is 0 Å². The number of hydrogen-bond acceptors (Lipinski definition) is 10. The maximum absolute atomic E-state index is 12.6. The van der Waals surface area contributed by atoms with Crippen LogP contribution >= 0.6 is 35.5 Å². The van der Waals surface area contributed by atoms with Gasteiger partial charge in [-0.2, -0.15) is 0 Å². The van der Waals surface area contributed by atoms with Gasteiger partial charge in [0, 0.05) is 18.2 Å². The number of hydrogen-bond donors (Lipinski definition) is 3. The van der Waals surface area contributed by atoms with E-state index in [4.69, 9.17) is 15.3 Å². The smallest absolute Gasteiger partial charge is 0.352 e. The number of fused-ring (bicyclic) bond motifs is 1. The van der Waals surface area contributed by atoms with E-state index in [1.807, 2.05) is 0 Å². The second-order valence-electron chi connectivity index (χ2n) is 5.74. The monoisotopic (exact) mass is 463 g/mol. The van der Waals surface area contributed by atoms with Gasteiger partial charge in [0.1, 0.15) is 29.9 Å². The van der Waals surface area contributed by atoms with Gasteiger partial charge in [-0.3, -0.25) is 14.5 Å². The second kappa shape index (κ2) is 9.43. The maximum Gasteiger partial charge on any atom is 0.352 e. The minimum Gasteiger partial charge on any atom is -0.477 e. The third-order valence-electron chi connectivity index (χ3n) is 4.02. The topological polar surface area (TPSA) is 156 Å². The van der Waals surface area contributed by atoms with Gasteiger partial charge in [-0.25, -0.2) is 9.78 Å². The summed E-state index contributed by atoms with van der Waals surface area (Å²) < 4.78 is 5.02. The zero-order chi connectivity index (χ0) is 20.4. The lowest BCUT2D eigenvalue weighted by atomic mass is 10.0. The van der Waals surface area contributed by atoms with Gasteiger partial charge in [0.25, 0.3) is 11.8 Å². The summed E-state index contributed by atoms with van der Waals surface area (Å²) >= 11 is 2.47. The van der Waals surface area contributed by atoms with Crippen molar-refractivity contribution in [2.24, 2.45) is 5.16 Å². The van der Waals surface area contributed by atoms with E-state index in [0.29, 0.717) is 11.3 Å². The van der Waals surface area contributed by atoms with Crippen LogP contribution in [0.1, 0.15) is 5.69 Å². The fraction of sp³-hybridized carbons (Fsp3) is 0.400. The van der Waals surface area contributed by atoms with Gasteiger partial charge in [-0.15, -0.1) is 35.5 Å². The van der Waals surface area contributed by atoms with Crippen LogP contribution in [0.4, 0.5) is 5.13 Å². The van der Waals surface area contributed by atoms with Crippen LogP contribution in [0, 0.1) is 0 Å². The number of carboxylic acids is 1. The van der Waals surface area contributed by atoms with E-state index in [2.05, 4.69) is 15.5 Å². The number of aliphatic carboxylic acids is 1. The molecule has 1 aromatic heterocycles. The Hall–Kier alpha value is -2.35. The Morgan fingerprint density at radius 1 is 1.48 bits per heavy atom. The van der Waals surface area contributed by atoms with Crippen molar-refractivity contribution in [3.05, 3.63) is 22.3 Å². The molecule has 29 heavy (non-hydrogen) atoms. The lowest BCUT2D eigenvalue weighted by Crippen LogP contribution is -2.71. The number of oxime groups is 1.